The molecule has 2 N–H and O–H groups in total. The van der Waals surface area contributed by atoms with Gasteiger partial charge in [0.25, 0.3) is 5.89 Å². The van der Waals surface area contributed by atoms with Crippen molar-refractivity contribution in [3.63, 3.8) is 0 Å². The lowest BCUT2D eigenvalue weighted by molar-refractivity contribution is 0.431. The first-order chi connectivity index (χ1) is 8.74. The summed E-state index contributed by atoms with van der Waals surface area (Å²) < 4.78 is 5.70. The van der Waals surface area contributed by atoms with E-state index in [4.69, 9.17) is 4.52 Å². The Kier molecular flexibility index (Phi) is 2.56. The number of halogens is 1. The molecule has 0 bridgehead atoms. The number of phenolic OH excluding ortho intramolecular Hbond substituents is 1. The highest BCUT2D eigenvalue weighted by Gasteiger charge is 2.13. The predicted octanol–water partition coefficient (Wildman–Crippen LogP) is 1.99. The molecule has 0 aliphatic carbocycles. The van der Waals surface area contributed by atoms with E-state index >= 15 is 0 Å². The maximum Gasteiger partial charge on any atom is 0.258 e. The minimum absolute atomic E-state index is 0.105. The number of nitrogens with one attached hydrogen (secondary N) is 1. The van der Waals surface area contributed by atoms with Crippen LogP contribution in [-0.4, -0.2) is 30.7 Å². The number of H-pyrrole nitrogens is 1. The average Bonchev–Trinajstić information content (AvgIpc) is 3.01. The quantitative estimate of drug-likeness (QED) is 0.751. The maximum atomic E-state index is 9.59. The van der Waals surface area contributed by atoms with Crippen molar-refractivity contribution in [2.75, 3.05) is 0 Å². The summed E-state index contributed by atoms with van der Waals surface area (Å²) in [5, 5.41) is 23.3. The topological polar surface area (TPSA) is 101 Å². The number of phenols is 1. The third kappa shape index (κ3) is 1.86. The van der Waals surface area contributed by atoms with Crippen molar-refractivity contribution in [1.82, 2.24) is 25.6 Å². The molecule has 0 unspecified atom stereocenters. The molecule has 2 heterocycles. The minimum Gasteiger partial charge on any atom is -0.507 e. The lowest BCUT2D eigenvalue weighted by Gasteiger charge is -1.97. The Morgan fingerprint density at radius 2 is 2.22 bits per heavy atom. The maximum absolute atomic E-state index is 9.59. The number of benzene rings is 1. The van der Waals surface area contributed by atoms with Gasteiger partial charge >= 0.3 is 0 Å². The highest BCUT2D eigenvalue weighted by Crippen LogP contribution is 2.29. The molecule has 90 valence electrons. The van der Waals surface area contributed by atoms with E-state index in [2.05, 4.69) is 41.5 Å². The summed E-state index contributed by atoms with van der Waals surface area (Å²) in [4.78, 5) is 4.17. The lowest BCUT2D eigenvalue weighted by Crippen LogP contribution is -1.81. The van der Waals surface area contributed by atoms with Crippen LogP contribution in [0.1, 0.15) is 0 Å². The fraction of sp³-hybridized carbons (Fsp3) is 0. The van der Waals surface area contributed by atoms with Gasteiger partial charge in [-0.3, -0.25) is 0 Å². The van der Waals surface area contributed by atoms with Crippen molar-refractivity contribution in [2.45, 2.75) is 0 Å². The Morgan fingerprint density at radius 3 is 2.94 bits per heavy atom. The molecule has 0 aliphatic rings. The Bertz CT molecular complexity index is 679. The van der Waals surface area contributed by atoms with E-state index in [1.165, 1.54) is 12.3 Å². The van der Waals surface area contributed by atoms with Crippen molar-refractivity contribution in [3.8, 4) is 28.7 Å². The molecule has 0 radical (unpaired) electrons. The lowest BCUT2D eigenvalue weighted by atomic mass is 10.2. The summed E-state index contributed by atoms with van der Waals surface area (Å²) in [5.74, 6) is 0.741. The Hall–Kier alpha value is -2.22. The summed E-state index contributed by atoms with van der Waals surface area (Å²) in [7, 11) is 0. The van der Waals surface area contributed by atoms with Gasteiger partial charge in [0.05, 0.1) is 10.7 Å². The standard InChI is InChI=1S/C10H6BrN5O2/c11-6-2-1-5(3-8(6)17)10-13-9(15-18-10)7-4-12-16-14-7/h1-4,17H,(H,12,14,16). The SMILES string of the molecule is Oc1cc(-c2nc(-c3cn[nH]n3)no2)ccc1Br. The van der Waals surface area contributed by atoms with Crippen LogP contribution in [0, 0.1) is 0 Å². The van der Waals surface area contributed by atoms with Crippen LogP contribution in [0.25, 0.3) is 23.0 Å². The summed E-state index contributed by atoms with van der Waals surface area (Å²) in [6, 6.07) is 4.98. The third-order valence-electron chi connectivity index (χ3n) is 2.26. The molecule has 0 saturated carbocycles. The number of aromatic hydroxyl groups is 1. The molecule has 0 fully saturated rings. The van der Waals surface area contributed by atoms with Gasteiger partial charge in [0.15, 0.2) is 5.69 Å². The van der Waals surface area contributed by atoms with Crippen LogP contribution in [-0.2, 0) is 0 Å². The van der Waals surface area contributed by atoms with Crippen molar-refractivity contribution in [1.29, 1.82) is 0 Å². The first kappa shape index (κ1) is 10.9. The summed E-state index contributed by atoms with van der Waals surface area (Å²) >= 11 is 3.20. The number of hydrogen-bond acceptors (Lipinski definition) is 6. The normalized spacial score (nSPS) is 10.7. The zero-order valence-electron chi connectivity index (χ0n) is 8.83. The highest BCUT2D eigenvalue weighted by atomic mass is 79.9. The second-order valence-electron chi connectivity index (χ2n) is 3.44. The molecular weight excluding hydrogens is 302 g/mol. The van der Waals surface area contributed by atoms with Crippen LogP contribution in [0.5, 0.6) is 5.75 Å². The first-order valence-corrected chi connectivity index (χ1v) is 5.72. The zero-order chi connectivity index (χ0) is 12.5. The molecule has 7 nitrogen and oxygen atoms in total. The number of rotatable bonds is 2. The van der Waals surface area contributed by atoms with Gasteiger partial charge in [-0.2, -0.15) is 20.4 Å². The van der Waals surface area contributed by atoms with Crippen LogP contribution in [0.2, 0.25) is 0 Å². The Balaban J connectivity index is 2.00. The number of nitrogens with zero attached hydrogens (tertiary/aromatic N) is 4. The average molecular weight is 308 g/mol. The van der Waals surface area contributed by atoms with Gasteiger partial charge in [0, 0.05) is 5.56 Å². The molecule has 3 rings (SSSR count). The van der Waals surface area contributed by atoms with E-state index in [9.17, 15) is 5.11 Å². The van der Waals surface area contributed by atoms with Crippen LogP contribution in [0.4, 0.5) is 0 Å². The molecule has 18 heavy (non-hydrogen) atoms. The van der Waals surface area contributed by atoms with Gasteiger partial charge < -0.3 is 9.63 Å². The van der Waals surface area contributed by atoms with Crippen LogP contribution in [0.15, 0.2) is 33.4 Å². The van der Waals surface area contributed by atoms with Crippen molar-refractivity contribution < 1.29 is 9.63 Å². The van der Waals surface area contributed by atoms with Gasteiger partial charge in [0.2, 0.25) is 5.82 Å². The minimum atomic E-state index is 0.105. The van der Waals surface area contributed by atoms with Gasteiger partial charge in [-0.25, -0.2) is 0 Å². The Morgan fingerprint density at radius 1 is 1.33 bits per heavy atom. The monoisotopic (exact) mass is 307 g/mol. The van der Waals surface area contributed by atoms with E-state index in [0.717, 1.165) is 0 Å². The fourth-order valence-electron chi connectivity index (χ4n) is 1.40. The van der Waals surface area contributed by atoms with Crippen molar-refractivity contribution in [2.24, 2.45) is 0 Å². The molecule has 1 aromatic carbocycles. The second kappa shape index (κ2) is 4.22. The van der Waals surface area contributed by atoms with Crippen molar-refractivity contribution >= 4 is 15.9 Å². The van der Waals surface area contributed by atoms with E-state index < -0.39 is 0 Å². The third-order valence-corrected chi connectivity index (χ3v) is 2.93. The largest absolute Gasteiger partial charge is 0.507 e. The van der Waals surface area contributed by atoms with E-state index in [1.54, 1.807) is 12.1 Å². The van der Waals surface area contributed by atoms with Gasteiger partial charge in [0.1, 0.15) is 5.75 Å². The fourth-order valence-corrected chi connectivity index (χ4v) is 1.65. The van der Waals surface area contributed by atoms with Crippen LogP contribution in [0.3, 0.4) is 0 Å². The first-order valence-electron chi connectivity index (χ1n) is 4.93. The molecule has 8 heteroatoms. The van der Waals surface area contributed by atoms with Crippen LogP contribution < -0.4 is 0 Å². The summed E-state index contributed by atoms with van der Waals surface area (Å²) in [5.41, 5.74) is 1.12. The highest BCUT2D eigenvalue weighted by molar-refractivity contribution is 9.10. The summed E-state index contributed by atoms with van der Waals surface area (Å²) in [6.45, 7) is 0. The van der Waals surface area contributed by atoms with Gasteiger partial charge in [-0.05, 0) is 34.1 Å². The number of aromatic amines is 1. The van der Waals surface area contributed by atoms with Crippen LogP contribution >= 0.6 is 15.9 Å². The van der Waals surface area contributed by atoms with Crippen molar-refractivity contribution in [3.05, 3.63) is 28.9 Å². The second-order valence-corrected chi connectivity index (χ2v) is 4.30. The molecule has 2 aromatic heterocycles. The van der Waals surface area contributed by atoms with E-state index in [1.807, 2.05) is 0 Å². The summed E-state index contributed by atoms with van der Waals surface area (Å²) in [6.07, 6.45) is 1.49. The molecular formula is C10H6BrN5O2. The molecule has 0 spiro atoms. The molecule has 0 aliphatic heterocycles. The van der Waals surface area contributed by atoms with Gasteiger partial charge in [-0.1, -0.05) is 5.16 Å². The molecule has 0 amide bonds. The molecule has 0 saturated heterocycles. The number of aromatic nitrogens is 5. The predicted molar refractivity (Wildman–Crippen MR) is 64.5 cm³/mol. The van der Waals surface area contributed by atoms with E-state index in [-0.39, 0.29) is 5.75 Å². The molecule has 3 aromatic rings. The zero-order valence-corrected chi connectivity index (χ0v) is 10.4. The number of hydrogen-bond donors (Lipinski definition) is 2. The molecule has 0 atom stereocenters. The Labute approximate surface area is 109 Å². The smallest absolute Gasteiger partial charge is 0.258 e. The van der Waals surface area contributed by atoms with Gasteiger partial charge in [-0.15, -0.1) is 0 Å². The van der Waals surface area contributed by atoms with E-state index in [0.29, 0.717) is 27.4 Å².